The number of nitrogen functional groups attached to an aromatic ring is 1. The average molecular weight is 301 g/mol. The molecule has 4 N–H and O–H groups in total. The molecule has 0 radical (unpaired) electrons. The van der Waals surface area contributed by atoms with Gasteiger partial charge in [0.15, 0.2) is 11.6 Å². The van der Waals surface area contributed by atoms with E-state index in [0.29, 0.717) is 35.4 Å². The van der Waals surface area contributed by atoms with Gasteiger partial charge in [0.1, 0.15) is 23.5 Å². The van der Waals surface area contributed by atoms with Gasteiger partial charge in [0.2, 0.25) is 0 Å². The molecule has 0 bridgehead atoms. The maximum atomic E-state index is 6.07. The molecule has 2 aromatic rings. The number of aromatic nitrogens is 2. The monoisotopic (exact) mass is 301 g/mol. The molecule has 116 valence electrons. The smallest absolute Gasteiger partial charge is 0.159 e. The van der Waals surface area contributed by atoms with E-state index in [0.717, 1.165) is 5.69 Å². The lowest BCUT2D eigenvalue weighted by molar-refractivity contribution is 0.395. The summed E-state index contributed by atoms with van der Waals surface area (Å²) in [5, 5.41) is 6.19. The Morgan fingerprint density at radius 2 is 2.00 bits per heavy atom. The zero-order valence-corrected chi connectivity index (χ0v) is 12.6. The fraction of sp³-hybridized carbons (Fsp3) is 0.200. The lowest BCUT2D eigenvalue weighted by Gasteiger charge is -2.14. The van der Waals surface area contributed by atoms with Crippen molar-refractivity contribution < 1.29 is 9.47 Å². The summed E-state index contributed by atoms with van der Waals surface area (Å²) in [6.07, 6.45) is 3.15. The van der Waals surface area contributed by atoms with Crippen LogP contribution in [0.5, 0.6) is 11.5 Å². The molecule has 0 spiro atoms. The molecule has 0 aliphatic rings. The SMILES string of the molecule is C=CCNc1ncnc(Nc2ccc(OC)cc2OC)c1N. The summed E-state index contributed by atoms with van der Waals surface area (Å²) in [7, 11) is 3.18. The first kappa shape index (κ1) is 15.4. The van der Waals surface area contributed by atoms with Crippen LogP contribution in [0.4, 0.5) is 23.0 Å². The van der Waals surface area contributed by atoms with Crippen molar-refractivity contribution in [1.29, 1.82) is 0 Å². The molecule has 0 fully saturated rings. The fourth-order valence-corrected chi connectivity index (χ4v) is 1.83. The summed E-state index contributed by atoms with van der Waals surface area (Å²) in [5.74, 6) is 2.36. The molecule has 0 saturated heterocycles. The normalized spacial score (nSPS) is 9.91. The van der Waals surface area contributed by atoms with Crippen molar-refractivity contribution in [2.24, 2.45) is 0 Å². The minimum Gasteiger partial charge on any atom is -0.497 e. The number of benzene rings is 1. The van der Waals surface area contributed by atoms with Gasteiger partial charge in [-0.2, -0.15) is 0 Å². The molecule has 7 heteroatoms. The molecule has 0 saturated carbocycles. The summed E-state index contributed by atoms with van der Waals surface area (Å²) in [4.78, 5) is 8.26. The molecule has 1 heterocycles. The standard InChI is InChI=1S/C15H19N5O2/c1-4-7-17-14-13(16)15(19-9-18-14)20-11-6-5-10(21-2)8-12(11)22-3/h4-6,8-9H,1,7,16H2,2-3H3,(H2,17,18,19,20). The third kappa shape index (κ3) is 3.38. The summed E-state index contributed by atoms with van der Waals surface area (Å²) in [5.41, 5.74) is 7.21. The van der Waals surface area contributed by atoms with Crippen LogP contribution >= 0.6 is 0 Å². The molecule has 7 nitrogen and oxygen atoms in total. The Balaban J connectivity index is 2.29. The van der Waals surface area contributed by atoms with Crippen LogP contribution in [0.1, 0.15) is 0 Å². The Bertz CT molecular complexity index is 660. The molecule has 1 aromatic heterocycles. The number of hydrogen-bond donors (Lipinski definition) is 3. The van der Waals surface area contributed by atoms with Crippen molar-refractivity contribution in [3.8, 4) is 11.5 Å². The minimum absolute atomic E-state index is 0.419. The zero-order chi connectivity index (χ0) is 15.9. The van der Waals surface area contributed by atoms with E-state index in [4.69, 9.17) is 15.2 Å². The van der Waals surface area contributed by atoms with Gasteiger partial charge in [-0.25, -0.2) is 9.97 Å². The second-order valence-corrected chi connectivity index (χ2v) is 4.35. The average Bonchev–Trinajstić information content (AvgIpc) is 2.56. The van der Waals surface area contributed by atoms with Crippen molar-refractivity contribution in [3.63, 3.8) is 0 Å². The summed E-state index contributed by atoms with van der Waals surface area (Å²) in [6.45, 7) is 4.21. The van der Waals surface area contributed by atoms with Gasteiger partial charge >= 0.3 is 0 Å². The van der Waals surface area contributed by atoms with E-state index >= 15 is 0 Å². The predicted molar refractivity (Wildman–Crippen MR) is 88.0 cm³/mol. The third-order valence-corrected chi connectivity index (χ3v) is 2.96. The number of methoxy groups -OCH3 is 2. The third-order valence-electron chi connectivity index (χ3n) is 2.96. The van der Waals surface area contributed by atoms with E-state index in [1.54, 1.807) is 26.4 Å². The van der Waals surface area contributed by atoms with Crippen molar-refractivity contribution >= 4 is 23.0 Å². The van der Waals surface area contributed by atoms with Gasteiger partial charge in [-0.05, 0) is 12.1 Å². The quantitative estimate of drug-likeness (QED) is 0.676. The number of anilines is 4. The van der Waals surface area contributed by atoms with Crippen LogP contribution in [0.3, 0.4) is 0 Å². The van der Waals surface area contributed by atoms with Crippen molar-refractivity contribution in [2.45, 2.75) is 0 Å². The highest BCUT2D eigenvalue weighted by atomic mass is 16.5. The zero-order valence-electron chi connectivity index (χ0n) is 12.6. The number of nitrogens with one attached hydrogen (secondary N) is 2. The van der Waals surface area contributed by atoms with Crippen molar-refractivity contribution in [3.05, 3.63) is 37.2 Å². The Morgan fingerprint density at radius 1 is 1.23 bits per heavy atom. The van der Waals surface area contributed by atoms with E-state index in [2.05, 4.69) is 27.2 Å². The van der Waals surface area contributed by atoms with Gasteiger partial charge in [0.05, 0.1) is 19.9 Å². The number of hydrogen-bond acceptors (Lipinski definition) is 7. The van der Waals surface area contributed by atoms with Gasteiger partial charge in [-0.1, -0.05) is 6.08 Å². The Kier molecular flexibility index (Phi) is 5.02. The highest BCUT2D eigenvalue weighted by molar-refractivity contribution is 5.79. The van der Waals surface area contributed by atoms with Crippen LogP contribution in [-0.2, 0) is 0 Å². The first-order valence-electron chi connectivity index (χ1n) is 6.64. The van der Waals surface area contributed by atoms with E-state index in [-0.39, 0.29) is 0 Å². The number of ether oxygens (including phenoxy) is 2. The molecule has 1 aromatic carbocycles. The number of rotatable bonds is 7. The molecule has 22 heavy (non-hydrogen) atoms. The minimum atomic E-state index is 0.419. The van der Waals surface area contributed by atoms with Gasteiger partial charge in [-0.15, -0.1) is 6.58 Å². The van der Waals surface area contributed by atoms with Gasteiger partial charge < -0.3 is 25.8 Å². The second kappa shape index (κ2) is 7.16. The Morgan fingerprint density at radius 3 is 2.68 bits per heavy atom. The van der Waals surface area contributed by atoms with Crippen molar-refractivity contribution in [1.82, 2.24) is 9.97 Å². The van der Waals surface area contributed by atoms with Gasteiger partial charge in [0.25, 0.3) is 0 Å². The lowest BCUT2D eigenvalue weighted by atomic mass is 10.2. The summed E-state index contributed by atoms with van der Waals surface area (Å²) in [6, 6.07) is 5.42. The lowest BCUT2D eigenvalue weighted by Crippen LogP contribution is -2.08. The van der Waals surface area contributed by atoms with Crippen LogP contribution in [0.15, 0.2) is 37.2 Å². The largest absolute Gasteiger partial charge is 0.497 e. The molecule has 0 atom stereocenters. The molecule has 0 aliphatic heterocycles. The van der Waals surface area contributed by atoms with Crippen LogP contribution in [0.2, 0.25) is 0 Å². The molecular formula is C15H19N5O2. The summed E-state index contributed by atoms with van der Waals surface area (Å²) < 4.78 is 10.5. The van der Waals surface area contributed by atoms with Gasteiger partial charge in [0, 0.05) is 12.6 Å². The van der Waals surface area contributed by atoms with E-state index < -0.39 is 0 Å². The second-order valence-electron chi connectivity index (χ2n) is 4.35. The van der Waals surface area contributed by atoms with Gasteiger partial charge in [-0.3, -0.25) is 0 Å². The van der Waals surface area contributed by atoms with E-state index in [1.807, 2.05) is 12.1 Å². The highest BCUT2D eigenvalue weighted by Crippen LogP contribution is 2.33. The van der Waals surface area contributed by atoms with Crippen LogP contribution in [-0.4, -0.2) is 30.7 Å². The van der Waals surface area contributed by atoms with E-state index in [9.17, 15) is 0 Å². The molecule has 2 rings (SSSR count). The first-order chi connectivity index (χ1) is 10.7. The van der Waals surface area contributed by atoms with Crippen LogP contribution in [0, 0.1) is 0 Å². The molecular weight excluding hydrogens is 282 g/mol. The predicted octanol–water partition coefficient (Wildman–Crippen LogP) is 2.42. The number of nitrogens with zero attached hydrogens (tertiary/aromatic N) is 2. The van der Waals surface area contributed by atoms with Crippen LogP contribution in [0.25, 0.3) is 0 Å². The maximum Gasteiger partial charge on any atom is 0.159 e. The first-order valence-corrected chi connectivity index (χ1v) is 6.64. The fourth-order valence-electron chi connectivity index (χ4n) is 1.83. The van der Waals surface area contributed by atoms with Crippen LogP contribution < -0.4 is 25.8 Å². The molecule has 0 amide bonds. The summed E-state index contributed by atoms with van der Waals surface area (Å²) >= 11 is 0. The molecule has 0 unspecified atom stereocenters. The Labute approximate surface area is 129 Å². The Hall–Kier alpha value is -2.96. The molecule has 0 aliphatic carbocycles. The van der Waals surface area contributed by atoms with E-state index in [1.165, 1.54) is 6.33 Å². The van der Waals surface area contributed by atoms with Crippen molar-refractivity contribution in [2.75, 3.05) is 37.1 Å². The highest BCUT2D eigenvalue weighted by Gasteiger charge is 2.11. The topological polar surface area (TPSA) is 94.3 Å². The maximum absolute atomic E-state index is 6.07. The number of nitrogens with two attached hydrogens (primary N) is 1.